The van der Waals surface area contributed by atoms with Gasteiger partial charge in [-0.25, -0.2) is 9.98 Å². The molecule has 0 bridgehead atoms. The number of nitrogens with two attached hydrogens (primary N) is 2. The maximum atomic E-state index is 12.2. The third-order valence-corrected chi connectivity index (χ3v) is 6.33. The van der Waals surface area contributed by atoms with Gasteiger partial charge in [-0.3, -0.25) is 20.2 Å². The third-order valence-electron chi connectivity index (χ3n) is 6.33. The maximum absolute atomic E-state index is 12.2. The summed E-state index contributed by atoms with van der Waals surface area (Å²) in [6, 6.07) is 5.39. The van der Waals surface area contributed by atoms with Gasteiger partial charge in [-0.15, -0.1) is 0 Å². The van der Waals surface area contributed by atoms with Crippen LogP contribution in [0.1, 0.15) is 42.5 Å². The second kappa shape index (κ2) is 10.2. The molecule has 14 nitrogen and oxygen atoms in total. The number of nitrogen functional groups attached to an aromatic ring is 2. The van der Waals surface area contributed by atoms with E-state index in [1.807, 2.05) is 11.0 Å². The largest absolute Gasteiger partial charge is 0.466 e. The third kappa shape index (κ3) is 4.72. The van der Waals surface area contributed by atoms with Crippen LogP contribution in [0.3, 0.4) is 0 Å². The highest BCUT2D eigenvalue weighted by molar-refractivity contribution is 5.98. The van der Waals surface area contributed by atoms with Crippen molar-refractivity contribution in [1.82, 2.24) is 10.3 Å². The Morgan fingerprint density at radius 3 is 2.70 bits per heavy atom. The molecule has 0 aliphatic carbocycles. The number of hydrogen-bond donors (Lipinski definition) is 4. The van der Waals surface area contributed by atoms with E-state index in [4.69, 9.17) is 21.5 Å². The summed E-state index contributed by atoms with van der Waals surface area (Å²) in [5.74, 6) is -0.373. The zero-order chi connectivity index (χ0) is 26.7. The molecule has 0 radical (unpaired) electrons. The van der Waals surface area contributed by atoms with Crippen LogP contribution in [0.5, 0.6) is 0 Å². The summed E-state index contributed by atoms with van der Waals surface area (Å²) in [6.45, 7) is 3.06. The molecule has 1 aromatic heterocycles. The van der Waals surface area contributed by atoms with Gasteiger partial charge in [-0.2, -0.15) is 10.5 Å². The number of anilines is 4. The van der Waals surface area contributed by atoms with Crippen molar-refractivity contribution < 1.29 is 14.5 Å². The number of nitro benzene ring substituents is 1. The van der Waals surface area contributed by atoms with E-state index >= 15 is 0 Å². The van der Waals surface area contributed by atoms with Gasteiger partial charge in [0.2, 0.25) is 5.96 Å². The highest BCUT2D eigenvalue weighted by atomic mass is 16.6. The molecule has 0 spiro atoms. The van der Waals surface area contributed by atoms with Gasteiger partial charge < -0.3 is 26.4 Å². The number of aromatic nitrogens is 1. The standard InChI is InChI=1S/C23H24N10O4/c1-2-37-22(34)12-5-7-32(8-6-12)16-4-3-13(33(35)36)9-14(16)19-17-18(26)15(10-24)20(27)30-21(17)31-23(29-19)28-11-25/h3-4,9,12,19H,2,5-8H2,1H3,(H6,26,27,28,29,30,31). The molecule has 3 heterocycles. The Hall–Kier alpha value is -5.11. The predicted octanol–water partition coefficient (Wildman–Crippen LogP) is 1.75. The van der Waals surface area contributed by atoms with Crippen molar-refractivity contribution in [3.63, 3.8) is 0 Å². The Kier molecular flexibility index (Phi) is 6.92. The minimum atomic E-state index is -0.954. The number of nitrogens with one attached hydrogen (secondary N) is 2. The SMILES string of the molecule is CCOC(=O)C1CCN(c2ccc([N+](=O)[O-])cc2C2N=C(NC#N)Nc3nc(N)c(C#N)c(N)c32)CC1. The quantitative estimate of drug-likeness (QED) is 0.150. The Morgan fingerprint density at radius 1 is 1.35 bits per heavy atom. The van der Waals surface area contributed by atoms with Gasteiger partial charge in [-0.1, -0.05) is 0 Å². The van der Waals surface area contributed by atoms with Crippen molar-refractivity contribution in [3.05, 3.63) is 45.0 Å². The first-order valence-electron chi connectivity index (χ1n) is 11.5. The minimum absolute atomic E-state index is 0.0285. The highest BCUT2D eigenvalue weighted by Crippen LogP contribution is 2.44. The fraction of sp³-hybridized carbons (Fsp3) is 0.348. The van der Waals surface area contributed by atoms with Crippen LogP contribution in [0.15, 0.2) is 23.2 Å². The fourth-order valence-corrected chi connectivity index (χ4v) is 4.58. The normalized spacial score (nSPS) is 16.9. The van der Waals surface area contributed by atoms with Crippen LogP contribution < -0.4 is 27.0 Å². The number of hydrogen-bond acceptors (Lipinski definition) is 13. The summed E-state index contributed by atoms with van der Waals surface area (Å²) >= 11 is 0. The Bertz CT molecular complexity index is 1370. The average Bonchev–Trinajstić information content (AvgIpc) is 2.88. The molecule has 4 rings (SSSR count). The molecule has 6 N–H and O–H groups in total. The van der Waals surface area contributed by atoms with E-state index in [9.17, 15) is 20.2 Å². The van der Waals surface area contributed by atoms with Gasteiger partial charge in [0.25, 0.3) is 5.69 Å². The van der Waals surface area contributed by atoms with E-state index in [2.05, 4.69) is 20.6 Å². The number of piperidine rings is 1. The van der Waals surface area contributed by atoms with Gasteiger partial charge in [-0.05, 0) is 25.8 Å². The summed E-state index contributed by atoms with van der Waals surface area (Å²) < 4.78 is 5.15. The number of nitrogens with zero attached hydrogens (tertiary/aromatic N) is 6. The monoisotopic (exact) mass is 504 g/mol. The molecule has 2 aliphatic rings. The number of carbonyl (C=O) groups excluding carboxylic acids is 1. The number of nitriles is 2. The number of rotatable bonds is 5. The molecular weight excluding hydrogens is 480 g/mol. The van der Waals surface area contributed by atoms with Crippen LogP contribution in [0.25, 0.3) is 0 Å². The number of aliphatic imine (C=N–C) groups is 1. The number of pyridine rings is 1. The number of fused-ring (bicyclic) bond motifs is 1. The zero-order valence-corrected chi connectivity index (χ0v) is 19.9. The molecule has 1 atom stereocenters. The molecule has 2 aromatic rings. The molecule has 37 heavy (non-hydrogen) atoms. The number of non-ortho nitro benzene ring substituents is 1. The van der Waals surface area contributed by atoms with Crippen LogP contribution in [0.2, 0.25) is 0 Å². The average molecular weight is 505 g/mol. The van der Waals surface area contributed by atoms with Gasteiger partial charge in [0, 0.05) is 42.0 Å². The smallest absolute Gasteiger partial charge is 0.309 e. The lowest BCUT2D eigenvalue weighted by Gasteiger charge is -2.35. The van der Waals surface area contributed by atoms with Gasteiger partial charge in [0.1, 0.15) is 29.3 Å². The Balaban J connectivity index is 1.84. The van der Waals surface area contributed by atoms with E-state index in [-0.39, 0.29) is 46.4 Å². The Labute approximate surface area is 211 Å². The minimum Gasteiger partial charge on any atom is -0.466 e. The van der Waals surface area contributed by atoms with Crippen LogP contribution >= 0.6 is 0 Å². The lowest BCUT2D eigenvalue weighted by molar-refractivity contribution is -0.384. The second-order valence-electron chi connectivity index (χ2n) is 8.42. The number of guanidine groups is 1. The predicted molar refractivity (Wildman–Crippen MR) is 134 cm³/mol. The molecule has 190 valence electrons. The van der Waals surface area contributed by atoms with E-state index in [1.165, 1.54) is 12.1 Å². The van der Waals surface area contributed by atoms with Crippen LogP contribution in [0, 0.1) is 38.8 Å². The maximum Gasteiger partial charge on any atom is 0.309 e. The van der Waals surface area contributed by atoms with Crippen molar-refractivity contribution >= 4 is 40.6 Å². The molecule has 0 saturated carbocycles. The fourth-order valence-electron chi connectivity index (χ4n) is 4.58. The molecule has 2 aliphatic heterocycles. The van der Waals surface area contributed by atoms with Gasteiger partial charge >= 0.3 is 5.97 Å². The van der Waals surface area contributed by atoms with E-state index in [0.29, 0.717) is 49.4 Å². The van der Waals surface area contributed by atoms with Gasteiger partial charge in [0.05, 0.1) is 23.1 Å². The second-order valence-corrected chi connectivity index (χ2v) is 8.42. The molecule has 1 fully saturated rings. The number of esters is 1. The summed E-state index contributed by atoms with van der Waals surface area (Å²) in [5, 5.41) is 35.7. The first kappa shape index (κ1) is 25.0. The Morgan fingerprint density at radius 2 is 2.08 bits per heavy atom. The summed E-state index contributed by atoms with van der Waals surface area (Å²) in [4.78, 5) is 34.1. The molecule has 1 aromatic carbocycles. The zero-order valence-electron chi connectivity index (χ0n) is 19.9. The molecule has 1 saturated heterocycles. The first-order chi connectivity index (χ1) is 17.8. The van der Waals surface area contributed by atoms with Crippen molar-refractivity contribution in [3.8, 4) is 12.3 Å². The summed E-state index contributed by atoms with van der Waals surface area (Å²) in [6.07, 6.45) is 2.86. The van der Waals surface area contributed by atoms with Crippen molar-refractivity contribution in [2.24, 2.45) is 10.9 Å². The topological polar surface area (TPSA) is 222 Å². The molecule has 1 unspecified atom stereocenters. The first-order valence-corrected chi connectivity index (χ1v) is 11.5. The number of nitro groups is 1. The van der Waals surface area contributed by atoms with E-state index in [0.717, 1.165) is 0 Å². The summed E-state index contributed by atoms with van der Waals surface area (Å²) in [7, 11) is 0. The van der Waals surface area contributed by atoms with Crippen molar-refractivity contribution in [1.29, 1.82) is 10.5 Å². The van der Waals surface area contributed by atoms with Crippen molar-refractivity contribution in [2.45, 2.75) is 25.8 Å². The van der Waals surface area contributed by atoms with Crippen molar-refractivity contribution in [2.75, 3.05) is 41.4 Å². The van der Waals surface area contributed by atoms with E-state index < -0.39 is 11.0 Å². The van der Waals surface area contributed by atoms with Crippen LogP contribution in [-0.2, 0) is 9.53 Å². The van der Waals surface area contributed by atoms with Crippen LogP contribution in [-0.4, -0.2) is 41.5 Å². The number of ether oxygens (including phenoxy) is 1. The molecule has 0 amide bonds. The van der Waals surface area contributed by atoms with Crippen LogP contribution in [0.4, 0.5) is 28.7 Å². The highest BCUT2D eigenvalue weighted by Gasteiger charge is 2.34. The summed E-state index contributed by atoms with van der Waals surface area (Å²) in [5.41, 5.74) is 13.4. The molecule has 14 heteroatoms. The number of carbonyl (C=O) groups is 1. The number of benzene rings is 1. The lowest BCUT2D eigenvalue weighted by atomic mass is 9.91. The van der Waals surface area contributed by atoms with E-state index in [1.54, 1.807) is 19.2 Å². The lowest BCUT2D eigenvalue weighted by Crippen LogP contribution is -2.38. The van der Waals surface area contributed by atoms with Gasteiger partial charge in [0.15, 0.2) is 6.19 Å². The molecular formula is C23H24N10O4.